The molecule has 0 spiro atoms. The lowest BCUT2D eigenvalue weighted by molar-refractivity contribution is -0.301. The van der Waals surface area contributed by atoms with E-state index in [1.807, 2.05) is 0 Å². The highest BCUT2D eigenvalue weighted by atomic mass is 16.7. The number of carboxylic acid groups (broad SMARTS) is 1. The van der Waals surface area contributed by atoms with Crippen LogP contribution in [0.3, 0.4) is 0 Å². The van der Waals surface area contributed by atoms with Gasteiger partial charge in [0.2, 0.25) is 0 Å². The van der Waals surface area contributed by atoms with Crippen LogP contribution < -0.4 is 0 Å². The summed E-state index contributed by atoms with van der Waals surface area (Å²) in [6.07, 6.45) is 47.2. The molecule has 6 atom stereocenters. The van der Waals surface area contributed by atoms with E-state index in [-0.39, 0.29) is 25.9 Å². The van der Waals surface area contributed by atoms with Gasteiger partial charge in [0.05, 0.1) is 6.61 Å². The maximum Gasteiger partial charge on any atom is 0.335 e. The van der Waals surface area contributed by atoms with Crippen molar-refractivity contribution in [1.82, 2.24) is 0 Å². The maximum atomic E-state index is 13.2. The second kappa shape index (κ2) is 51.9. The van der Waals surface area contributed by atoms with Gasteiger partial charge in [-0.2, -0.15) is 0 Å². The molecule has 0 radical (unpaired) electrons. The molecule has 0 bridgehead atoms. The third-order valence-electron chi connectivity index (χ3n) is 14.5. The Hall–Kier alpha value is -2.80. The fraction of sp³-hybridized carbons (Fsp3) is 0.873. The van der Waals surface area contributed by atoms with Crippen molar-refractivity contribution in [2.24, 2.45) is 0 Å². The molecule has 3 N–H and O–H groups in total. The topological polar surface area (TPSA) is 175 Å². The third kappa shape index (κ3) is 41.9. The van der Waals surface area contributed by atoms with E-state index in [0.717, 1.165) is 83.5 Å². The number of aliphatic hydroxyl groups excluding tert-OH is 2. The van der Waals surface area contributed by atoms with Crippen LogP contribution in [0.4, 0.5) is 0 Å². The number of unbranched alkanes of at least 4 members (excludes halogenated alkanes) is 36. The van der Waals surface area contributed by atoms with E-state index in [1.165, 1.54) is 161 Å². The second-order valence-corrected chi connectivity index (χ2v) is 21.7. The Balaban J connectivity index is 2.64. The summed E-state index contributed by atoms with van der Waals surface area (Å²) >= 11 is 0. The van der Waals surface area contributed by atoms with Crippen molar-refractivity contribution in [1.29, 1.82) is 0 Å². The van der Waals surface area contributed by atoms with E-state index < -0.39 is 67.3 Å². The molecule has 75 heavy (non-hydrogen) atoms. The van der Waals surface area contributed by atoms with Gasteiger partial charge in [-0.15, -0.1) is 0 Å². The molecule has 0 aromatic carbocycles. The van der Waals surface area contributed by atoms with Gasteiger partial charge in [-0.3, -0.25) is 14.4 Å². The largest absolute Gasteiger partial charge is 0.479 e. The number of esters is 3. The Labute approximate surface area is 458 Å². The van der Waals surface area contributed by atoms with Crippen LogP contribution in [0.5, 0.6) is 0 Å². The van der Waals surface area contributed by atoms with Crippen LogP contribution in [-0.2, 0) is 42.9 Å². The number of carbonyl (C=O) groups is 4. The highest BCUT2D eigenvalue weighted by Gasteiger charge is 2.50. The highest BCUT2D eigenvalue weighted by Crippen LogP contribution is 2.27. The summed E-state index contributed by atoms with van der Waals surface area (Å²) in [6.45, 7) is 6.00. The quantitative estimate of drug-likeness (QED) is 0.0228. The predicted molar refractivity (Wildman–Crippen MR) is 303 cm³/mol. The number of carbonyl (C=O) groups excluding carboxylic acids is 3. The Morgan fingerprint density at radius 1 is 0.427 bits per heavy atom. The normalized spacial score (nSPS) is 18.2. The average Bonchev–Trinajstić information content (AvgIpc) is 3.39. The van der Waals surface area contributed by atoms with Crippen molar-refractivity contribution < 1.29 is 58.2 Å². The predicted octanol–water partition coefficient (Wildman–Crippen LogP) is 16.2. The minimum absolute atomic E-state index is 0.0651. The fourth-order valence-corrected chi connectivity index (χ4v) is 9.65. The van der Waals surface area contributed by atoms with Gasteiger partial charge in [0, 0.05) is 19.3 Å². The molecule has 6 unspecified atom stereocenters. The first kappa shape index (κ1) is 70.2. The lowest BCUT2D eigenvalue weighted by atomic mass is 9.98. The fourth-order valence-electron chi connectivity index (χ4n) is 9.65. The molecule has 0 aliphatic carbocycles. The first-order chi connectivity index (χ1) is 36.6. The van der Waals surface area contributed by atoms with Crippen molar-refractivity contribution in [3.05, 3.63) is 24.3 Å². The van der Waals surface area contributed by atoms with Crippen LogP contribution >= 0.6 is 0 Å². The first-order valence-corrected chi connectivity index (χ1v) is 31.3. The summed E-state index contributed by atoms with van der Waals surface area (Å²) in [5.74, 6) is -3.10. The summed E-state index contributed by atoms with van der Waals surface area (Å²) in [6, 6.07) is 0. The zero-order valence-electron chi connectivity index (χ0n) is 48.3. The van der Waals surface area contributed by atoms with E-state index in [4.69, 9.17) is 23.7 Å². The molecular weight excluding hydrogens is 949 g/mol. The van der Waals surface area contributed by atoms with Gasteiger partial charge in [0.1, 0.15) is 18.8 Å². The second-order valence-electron chi connectivity index (χ2n) is 21.7. The Morgan fingerprint density at radius 3 is 1.13 bits per heavy atom. The SMILES string of the molecule is CCCCCCCC/C=C\CCCCCCCCCCCC(=O)OCC(COC1OC(C(=O)O)C(O)C(O)C1OC(=O)CCCCCCCCCCCCC)OC(=O)CCCCCCC/C=C\CCCCCCCC. The Bertz CT molecular complexity index is 1400. The highest BCUT2D eigenvalue weighted by molar-refractivity contribution is 5.74. The van der Waals surface area contributed by atoms with Crippen molar-refractivity contribution in [2.75, 3.05) is 13.2 Å². The maximum absolute atomic E-state index is 13.2. The average molecular weight is 1060 g/mol. The smallest absolute Gasteiger partial charge is 0.335 e. The minimum atomic E-state index is -1.90. The Morgan fingerprint density at radius 2 is 0.760 bits per heavy atom. The van der Waals surface area contributed by atoms with E-state index in [1.54, 1.807) is 0 Å². The molecular formula is C63H114O12. The summed E-state index contributed by atoms with van der Waals surface area (Å²) in [5, 5.41) is 31.5. The molecule has 0 amide bonds. The number of carboxylic acids is 1. The number of hydrogen-bond donors (Lipinski definition) is 3. The van der Waals surface area contributed by atoms with Crippen LogP contribution in [0.25, 0.3) is 0 Å². The molecule has 0 aromatic heterocycles. The lowest BCUT2D eigenvalue weighted by Gasteiger charge is -2.40. The third-order valence-corrected chi connectivity index (χ3v) is 14.5. The lowest BCUT2D eigenvalue weighted by Crippen LogP contribution is -2.61. The van der Waals surface area contributed by atoms with Gasteiger partial charge >= 0.3 is 23.9 Å². The molecule has 438 valence electrons. The van der Waals surface area contributed by atoms with Gasteiger partial charge in [-0.1, -0.05) is 238 Å². The van der Waals surface area contributed by atoms with Crippen molar-refractivity contribution in [3.63, 3.8) is 0 Å². The molecule has 1 heterocycles. The van der Waals surface area contributed by atoms with Crippen LogP contribution in [0.2, 0.25) is 0 Å². The zero-order valence-corrected chi connectivity index (χ0v) is 48.3. The number of ether oxygens (including phenoxy) is 5. The molecule has 1 rings (SSSR count). The van der Waals surface area contributed by atoms with Crippen molar-refractivity contribution in [3.8, 4) is 0 Å². The molecule has 12 heteroatoms. The molecule has 1 aliphatic rings. The number of allylic oxidation sites excluding steroid dienone is 4. The van der Waals surface area contributed by atoms with Crippen molar-refractivity contribution >= 4 is 23.9 Å². The van der Waals surface area contributed by atoms with Crippen LogP contribution in [0, 0.1) is 0 Å². The molecule has 1 aliphatic heterocycles. The molecule has 1 saturated heterocycles. The number of rotatable bonds is 54. The number of aliphatic hydroxyl groups is 2. The number of hydrogen-bond acceptors (Lipinski definition) is 11. The molecule has 0 saturated carbocycles. The molecule has 0 aromatic rings. The van der Waals surface area contributed by atoms with Gasteiger partial charge in [0.15, 0.2) is 24.6 Å². The first-order valence-electron chi connectivity index (χ1n) is 31.3. The van der Waals surface area contributed by atoms with E-state index in [9.17, 15) is 34.5 Å². The van der Waals surface area contributed by atoms with Gasteiger partial charge in [0.25, 0.3) is 0 Å². The minimum Gasteiger partial charge on any atom is -0.479 e. The molecule has 12 nitrogen and oxygen atoms in total. The standard InChI is InChI=1S/C63H114O12/c1-4-7-10-13-16-19-22-24-26-27-28-29-31-32-35-37-40-43-46-49-55(64)71-52-54(73-56(65)50-47-44-41-39-36-33-30-25-23-20-17-14-11-8-5-2)53-72-63-61(59(68)58(67)60(75-63)62(69)70)74-57(66)51-48-45-42-38-34-21-18-15-12-9-6-3/h24-26,30,54,58-61,63,67-68H,4-23,27-29,31-53H2,1-3H3,(H,69,70)/b26-24-,30-25-. The Kier molecular flexibility index (Phi) is 48.6. The number of aliphatic carboxylic acids is 1. The monoisotopic (exact) mass is 1060 g/mol. The van der Waals surface area contributed by atoms with Crippen LogP contribution in [0.15, 0.2) is 24.3 Å². The van der Waals surface area contributed by atoms with Crippen molar-refractivity contribution in [2.45, 2.75) is 340 Å². The zero-order chi connectivity index (χ0) is 54.7. The van der Waals surface area contributed by atoms with Gasteiger partial charge < -0.3 is 39.0 Å². The van der Waals surface area contributed by atoms with Crippen LogP contribution in [0.1, 0.15) is 303 Å². The van der Waals surface area contributed by atoms with Gasteiger partial charge in [-0.25, -0.2) is 4.79 Å². The van der Waals surface area contributed by atoms with E-state index >= 15 is 0 Å². The summed E-state index contributed by atoms with van der Waals surface area (Å²) < 4.78 is 28.5. The van der Waals surface area contributed by atoms with Gasteiger partial charge in [-0.05, 0) is 70.6 Å². The van der Waals surface area contributed by atoms with E-state index in [0.29, 0.717) is 19.3 Å². The summed E-state index contributed by atoms with van der Waals surface area (Å²) in [5.41, 5.74) is 0. The summed E-state index contributed by atoms with van der Waals surface area (Å²) in [4.78, 5) is 51.1. The summed E-state index contributed by atoms with van der Waals surface area (Å²) in [7, 11) is 0. The molecule has 1 fully saturated rings. The van der Waals surface area contributed by atoms with Crippen LogP contribution in [-0.4, -0.2) is 89.2 Å². The van der Waals surface area contributed by atoms with E-state index in [2.05, 4.69) is 45.1 Å².